The molecule has 0 radical (unpaired) electrons. The second kappa shape index (κ2) is 11.3. The van der Waals surface area contributed by atoms with Gasteiger partial charge in [-0.05, 0) is 66.2 Å². The van der Waals surface area contributed by atoms with Crippen molar-refractivity contribution in [1.29, 1.82) is 0 Å². The Morgan fingerprint density at radius 1 is 0.978 bits per heavy atom. The Labute approximate surface area is 254 Å². The normalized spacial score (nSPS) is 11.8. The zero-order valence-corrected chi connectivity index (χ0v) is 24.7. The first-order chi connectivity index (χ1) is 21.4. The highest BCUT2D eigenvalue weighted by Crippen LogP contribution is 2.43. The molecule has 0 aliphatic heterocycles. The number of pyridine rings is 1. The molecule has 0 spiro atoms. The molecule has 0 atom stereocenters. The van der Waals surface area contributed by atoms with Crippen LogP contribution in [0.15, 0.2) is 81.8 Å². The lowest BCUT2D eigenvalue weighted by Gasteiger charge is -2.21. The highest BCUT2D eigenvalue weighted by Gasteiger charge is 2.27. The summed E-state index contributed by atoms with van der Waals surface area (Å²) >= 11 is 0. The molecule has 0 unspecified atom stereocenters. The minimum absolute atomic E-state index is 0.0525. The Kier molecular flexibility index (Phi) is 7.44. The van der Waals surface area contributed by atoms with Gasteiger partial charge in [0.1, 0.15) is 22.9 Å². The van der Waals surface area contributed by atoms with Crippen LogP contribution >= 0.6 is 0 Å². The van der Waals surface area contributed by atoms with Crippen LogP contribution in [-0.2, 0) is 10.0 Å². The number of carbonyl (C=O) groups is 1. The summed E-state index contributed by atoms with van der Waals surface area (Å²) in [5, 5.41) is 2.85. The minimum atomic E-state index is -3.86. The molecule has 3 aromatic carbocycles. The van der Waals surface area contributed by atoms with Crippen LogP contribution in [0.2, 0.25) is 0 Å². The standard InChI is InChI=1S/C31H23F3N4O6S/c1-35-29(39)26-22-14-21(23(38(2)45(3,40)41)15-25(22)43-27(26)16-6-8-19(32)9-7-16)17-11-18(13-20(12-17)42-31(33)34)30-37-28-24(44-30)5-4-10-36-28/h4-15,31H,1-3H3,(H,35,39). The summed E-state index contributed by atoms with van der Waals surface area (Å²) in [4.78, 5) is 21.7. The van der Waals surface area contributed by atoms with E-state index in [0.29, 0.717) is 11.1 Å². The number of hydrogen-bond acceptors (Lipinski definition) is 8. The van der Waals surface area contributed by atoms with E-state index < -0.39 is 28.4 Å². The molecule has 0 bridgehead atoms. The van der Waals surface area contributed by atoms with E-state index in [9.17, 15) is 26.4 Å². The van der Waals surface area contributed by atoms with Crippen molar-refractivity contribution >= 4 is 43.8 Å². The molecule has 1 N–H and O–H groups in total. The van der Waals surface area contributed by atoms with Gasteiger partial charge in [-0.3, -0.25) is 9.10 Å². The van der Waals surface area contributed by atoms with Crippen LogP contribution in [0.3, 0.4) is 0 Å². The Balaban J connectivity index is 1.65. The topological polar surface area (TPSA) is 128 Å². The van der Waals surface area contributed by atoms with Gasteiger partial charge in [0.15, 0.2) is 11.2 Å². The van der Waals surface area contributed by atoms with Gasteiger partial charge in [-0.2, -0.15) is 13.8 Å². The molecule has 45 heavy (non-hydrogen) atoms. The molecule has 0 aliphatic rings. The van der Waals surface area contributed by atoms with Crippen molar-refractivity contribution < 1.29 is 40.0 Å². The molecule has 3 aromatic heterocycles. The number of fused-ring (bicyclic) bond motifs is 2. The lowest BCUT2D eigenvalue weighted by atomic mass is 9.97. The largest absolute Gasteiger partial charge is 0.455 e. The highest BCUT2D eigenvalue weighted by molar-refractivity contribution is 7.92. The number of nitrogens with zero attached hydrogens (tertiary/aromatic N) is 3. The van der Waals surface area contributed by atoms with Crippen LogP contribution in [0.25, 0.3) is 56.1 Å². The van der Waals surface area contributed by atoms with Gasteiger partial charge in [0, 0.05) is 48.4 Å². The molecule has 0 aliphatic carbocycles. The second-order valence-electron chi connectivity index (χ2n) is 9.96. The van der Waals surface area contributed by atoms with Crippen LogP contribution in [-0.4, -0.2) is 51.3 Å². The van der Waals surface area contributed by atoms with E-state index in [1.807, 2.05) is 0 Å². The lowest BCUT2D eigenvalue weighted by molar-refractivity contribution is -0.0497. The van der Waals surface area contributed by atoms with Gasteiger partial charge in [-0.25, -0.2) is 17.8 Å². The highest BCUT2D eigenvalue weighted by atomic mass is 32.2. The van der Waals surface area contributed by atoms with Crippen molar-refractivity contribution in [2.45, 2.75) is 6.61 Å². The molecule has 0 saturated carbocycles. The average molecular weight is 637 g/mol. The maximum atomic E-state index is 13.7. The van der Waals surface area contributed by atoms with E-state index in [0.717, 1.165) is 10.6 Å². The number of oxazole rings is 1. The van der Waals surface area contributed by atoms with E-state index in [1.165, 1.54) is 68.8 Å². The fourth-order valence-electron chi connectivity index (χ4n) is 4.90. The van der Waals surface area contributed by atoms with E-state index in [-0.39, 0.29) is 62.0 Å². The molecule has 3 heterocycles. The van der Waals surface area contributed by atoms with Crippen molar-refractivity contribution in [3.05, 3.63) is 84.3 Å². The predicted molar refractivity (Wildman–Crippen MR) is 161 cm³/mol. The number of amides is 1. The summed E-state index contributed by atoms with van der Waals surface area (Å²) < 4.78 is 83.8. The maximum Gasteiger partial charge on any atom is 0.387 e. The maximum absolute atomic E-state index is 13.7. The Morgan fingerprint density at radius 2 is 1.71 bits per heavy atom. The molecule has 1 amide bonds. The van der Waals surface area contributed by atoms with E-state index in [1.54, 1.807) is 18.2 Å². The quantitative estimate of drug-likeness (QED) is 0.202. The lowest BCUT2D eigenvalue weighted by Crippen LogP contribution is -2.25. The summed E-state index contributed by atoms with van der Waals surface area (Å²) in [5.41, 5.74) is 2.08. The third-order valence-electron chi connectivity index (χ3n) is 7.06. The molecule has 0 fully saturated rings. The third-order valence-corrected chi connectivity index (χ3v) is 8.25. The number of furan rings is 1. The number of rotatable bonds is 8. The summed E-state index contributed by atoms with van der Waals surface area (Å²) in [6.07, 6.45) is 2.52. The molecule has 14 heteroatoms. The van der Waals surface area contributed by atoms with Crippen molar-refractivity contribution in [2.24, 2.45) is 0 Å². The Bertz CT molecular complexity index is 2160. The number of nitrogens with one attached hydrogen (secondary N) is 1. The van der Waals surface area contributed by atoms with Gasteiger partial charge >= 0.3 is 6.61 Å². The van der Waals surface area contributed by atoms with Crippen LogP contribution in [0, 0.1) is 5.82 Å². The van der Waals surface area contributed by atoms with Gasteiger partial charge in [-0.1, -0.05) is 0 Å². The summed E-state index contributed by atoms with van der Waals surface area (Å²) in [7, 11) is -1.12. The molecule has 6 aromatic rings. The monoisotopic (exact) mass is 636 g/mol. The van der Waals surface area contributed by atoms with Crippen molar-refractivity contribution in [3.8, 4) is 39.7 Å². The number of anilines is 1. The van der Waals surface area contributed by atoms with Crippen molar-refractivity contribution in [2.75, 3.05) is 24.7 Å². The zero-order valence-electron chi connectivity index (χ0n) is 23.8. The van der Waals surface area contributed by atoms with Gasteiger partial charge < -0.3 is 18.9 Å². The Morgan fingerprint density at radius 3 is 2.38 bits per heavy atom. The first-order valence-corrected chi connectivity index (χ1v) is 15.1. The first kappa shape index (κ1) is 29.7. The van der Waals surface area contributed by atoms with Crippen LogP contribution < -0.4 is 14.4 Å². The molecule has 0 saturated heterocycles. The summed E-state index contributed by atoms with van der Waals surface area (Å²) in [6, 6.07) is 15.7. The van der Waals surface area contributed by atoms with Crippen LogP contribution in [0.4, 0.5) is 18.9 Å². The van der Waals surface area contributed by atoms with Crippen LogP contribution in [0.1, 0.15) is 10.4 Å². The number of carbonyl (C=O) groups excluding carboxylic acids is 1. The minimum Gasteiger partial charge on any atom is -0.455 e. The second-order valence-corrected chi connectivity index (χ2v) is 12.0. The molecule has 10 nitrogen and oxygen atoms in total. The first-order valence-electron chi connectivity index (χ1n) is 13.3. The molecule has 230 valence electrons. The van der Waals surface area contributed by atoms with Crippen molar-refractivity contribution in [3.63, 3.8) is 0 Å². The van der Waals surface area contributed by atoms with E-state index >= 15 is 0 Å². The number of halogens is 3. The van der Waals surface area contributed by atoms with Crippen molar-refractivity contribution in [1.82, 2.24) is 15.3 Å². The number of benzene rings is 3. The fourth-order valence-corrected chi connectivity index (χ4v) is 5.41. The fraction of sp³-hybridized carbons (Fsp3) is 0.129. The molecule has 6 rings (SSSR count). The van der Waals surface area contributed by atoms with E-state index in [2.05, 4.69) is 15.3 Å². The zero-order chi connectivity index (χ0) is 32.0. The molecular formula is C31H23F3N4O6S. The predicted octanol–water partition coefficient (Wildman–Crippen LogP) is 6.47. The smallest absolute Gasteiger partial charge is 0.387 e. The summed E-state index contributed by atoms with van der Waals surface area (Å²) in [6.45, 7) is -3.17. The van der Waals surface area contributed by atoms with E-state index in [4.69, 9.17) is 13.6 Å². The summed E-state index contributed by atoms with van der Waals surface area (Å²) in [5.74, 6) is -1.11. The van der Waals surface area contributed by atoms with Gasteiger partial charge in [-0.15, -0.1) is 0 Å². The number of alkyl halides is 2. The van der Waals surface area contributed by atoms with Crippen LogP contribution in [0.5, 0.6) is 5.75 Å². The number of ether oxygens (including phenoxy) is 1. The van der Waals surface area contributed by atoms with Gasteiger partial charge in [0.2, 0.25) is 15.9 Å². The number of hydrogen-bond donors (Lipinski definition) is 1. The Hall–Kier alpha value is -5.37. The number of sulfonamides is 1. The average Bonchev–Trinajstić information content (AvgIpc) is 3.61. The SMILES string of the molecule is CNC(=O)c1c(-c2ccc(F)cc2)oc2cc(N(C)S(C)(=O)=O)c(-c3cc(OC(F)F)cc(-c4nc5ncccc5o4)c3)cc12. The van der Waals surface area contributed by atoms with Gasteiger partial charge in [0.25, 0.3) is 5.91 Å². The number of aromatic nitrogens is 2. The van der Waals surface area contributed by atoms with Gasteiger partial charge in [0.05, 0.1) is 17.5 Å². The molecular weight excluding hydrogens is 613 g/mol. The third kappa shape index (κ3) is 5.67.